The molecule has 0 aromatic heterocycles. The molecule has 6 heteroatoms. The van der Waals surface area contributed by atoms with Crippen molar-refractivity contribution in [2.75, 3.05) is 0 Å². The van der Waals surface area contributed by atoms with Gasteiger partial charge in [0, 0.05) is 6.08 Å². The van der Waals surface area contributed by atoms with Crippen molar-refractivity contribution in [2.24, 2.45) is 0 Å². The predicted molar refractivity (Wildman–Crippen MR) is 59.0 cm³/mol. The first-order valence-electron chi connectivity index (χ1n) is 5.11. The quantitative estimate of drug-likeness (QED) is 0.843. The van der Waals surface area contributed by atoms with Gasteiger partial charge < -0.3 is 9.84 Å². The maximum Gasteiger partial charge on any atom is 0.573 e. The van der Waals surface area contributed by atoms with Gasteiger partial charge in [-0.2, -0.15) is 0 Å². The zero-order valence-electron chi connectivity index (χ0n) is 9.49. The average molecular weight is 260 g/mol. The van der Waals surface area contributed by atoms with E-state index in [1.54, 1.807) is 6.92 Å². The molecule has 1 aromatic carbocycles. The van der Waals surface area contributed by atoms with Crippen LogP contribution in [0.4, 0.5) is 13.2 Å². The van der Waals surface area contributed by atoms with Crippen molar-refractivity contribution in [2.45, 2.75) is 19.7 Å². The number of alkyl halides is 3. The van der Waals surface area contributed by atoms with Crippen molar-refractivity contribution in [1.29, 1.82) is 0 Å². The summed E-state index contributed by atoms with van der Waals surface area (Å²) in [5.41, 5.74) is 0.816. The highest BCUT2D eigenvalue weighted by molar-refractivity contribution is 5.90. The maximum atomic E-state index is 12.0. The Labute approximate surface area is 101 Å². The lowest BCUT2D eigenvalue weighted by molar-refractivity contribution is -0.274. The topological polar surface area (TPSA) is 46.5 Å². The summed E-state index contributed by atoms with van der Waals surface area (Å²) in [4.78, 5) is 10.6. The zero-order valence-corrected chi connectivity index (χ0v) is 9.49. The lowest BCUT2D eigenvalue weighted by Gasteiger charge is -2.10. The third-order valence-corrected chi connectivity index (χ3v) is 2.12. The Kier molecular flexibility index (Phi) is 4.36. The van der Waals surface area contributed by atoms with Crippen LogP contribution in [0.5, 0.6) is 5.75 Å². The van der Waals surface area contributed by atoms with E-state index in [0.717, 1.165) is 18.2 Å². The predicted octanol–water partition coefficient (Wildman–Crippen LogP) is 3.46. The first-order chi connectivity index (χ1) is 8.31. The molecule has 1 rings (SSSR count). The summed E-state index contributed by atoms with van der Waals surface area (Å²) in [7, 11) is 0. The number of carboxylic acid groups (broad SMARTS) is 1. The molecule has 0 bridgehead atoms. The molecular weight excluding hydrogens is 249 g/mol. The van der Waals surface area contributed by atoms with E-state index in [-0.39, 0.29) is 5.75 Å². The van der Waals surface area contributed by atoms with Gasteiger partial charge in [-0.25, -0.2) is 4.79 Å². The number of halogens is 3. The van der Waals surface area contributed by atoms with E-state index in [2.05, 4.69) is 4.74 Å². The van der Waals surface area contributed by atoms with Crippen molar-refractivity contribution < 1.29 is 27.8 Å². The SMILES string of the molecule is CCC(=CC(=O)O)c1cccc(OC(F)(F)F)c1. The van der Waals surface area contributed by atoms with Crippen LogP contribution in [0.1, 0.15) is 18.9 Å². The fraction of sp³-hybridized carbons (Fsp3) is 0.250. The first-order valence-corrected chi connectivity index (χ1v) is 5.11. The van der Waals surface area contributed by atoms with Gasteiger partial charge in [0.15, 0.2) is 0 Å². The number of allylic oxidation sites excluding steroid dienone is 1. The largest absolute Gasteiger partial charge is 0.573 e. The van der Waals surface area contributed by atoms with Gasteiger partial charge in [0.25, 0.3) is 0 Å². The number of hydrogen-bond acceptors (Lipinski definition) is 2. The molecule has 0 aliphatic heterocycles. The summed E-state index contributed by atoms with van der Waals surface area (Å²) < 4.78 is 39.9. The molecule has 0 saturated carbocycles. The van der Waals surface area contributed by atoms with E-state index < -0.39 is 12.3 Å². The van der Waals surface area contributed by atoms with Crippen LogP contribution in [-0.2, 0) is 4.79 Å². The van der Waals surface area contributed by atoms with Gasteiger partial charge in [-0.15, -0.1) is 13.2 Å². The van der Waals surface area contributed by atoms with Gasteiger partial charge in [-0.05, 0) is 29.7 Å². The molecule has 18 heavy (non-hydrogen) atoms. The van der Waals surface area contributed by atoms with E-state index in [0.29, 0.717) is 17.6 Å². The van der Waals surface area contributed by atoms with Gasteiger partial charge >= 0.3 is 12.3 Å². The standard InChI is InChI=1S/C12H11F3O3/c1-2-8(7-11(16)17)9-4-3-5-10(6-9)18-12(13,14)15/h3-7H,2H2,1H3,(H,16,17). The molecule has 0 aliphatic carbocycles. The second-order valence-electron chi connectivity index (χ2n) is 3.44. The maximum absolute atomic E-state index is 12.0. The van der Waals surface area contributed by atoms with Crippen LogP contribution in [0.15, 0.2) is 30.3 Å². The molecule has 0 saturated heterocycles. The average Bonchev–Trinajstić information content (AvgIpc) is 2.23. The van der Waals surface area contributed by atoms with Crippen molar-refractivity contribution in [1.82, 2.24) is 0 Å². The van der Waals surface area contributed by atoms with E-state index in [1.165, 1.54) is 12.1 Å². The minimum atomic E-state index is -4.76. The number of carboxylic acids is 1. The highest BCUT2D eigenvalue weighted by Gasteiger charge is 2.31. The van der Waals surface area contributed by atoms with Crippen molar-refractivity contribution in [3.8, 4) is 5.75 Å². The second kappa shape index (κ2) is 5.57. The van der Waals surface area contributed by atoms with Crippen LogP contribution in [0.3, 0.4) is 0 Å². The molecule has 0 fully saturated rings. The van der Waals surface area contributed by atoms with E-state index in [1.807, 2.05) is 0 Å². The first kappa shape index (κ1) is 14.1. The number of hydrogen-bond donors (Lipinski definition) is 1. The Morgan fingerprint density at radius 3 is 2.61 bits per heavy atom. The molecular formula is C12H11F3O3. The van der Waals surface area contributed by atoms with Gasteiger partial charge in [0.05, 0.1) is 0 Å². The highest BCUT2D eigenvalue weighted by Crippen LogP contribution is 2.26. The van der Waals surface area contributed by atoms with Crippen molar-refractivity contribution in [3.63, 3.8) is 0 Å². The number of carbonyl (C=O) groups is 1. The highest BCUT2D eigenvalue weighted by atomic mass is 19.4. The van der Waals surface area contributed by atoms with Gasteiger partial charge in [-0.3, -0.25) is 0 Å². The summed E-state index contributed by atoms with van der Waals surface area (Å²) in [5.74, 6) is -1.52. The van der Waals surface area contributed by atoms with Gasteiger partial charge in [0.2, 0.25) is 0 Å². The van der Waals surface area contributed by atoms with Crippen molar-refractivity contribution in [3.05, 3.63) is 35.9 Å². The monoisotopic (exact) mass is 260 g/mol. The Balaban J connectivity index is 3.04. The van der Waals surface area contributed by atoms with Crippen LogP contribution in [0.25, 0.3) is 5.57 Å². The molecule has 0 spiro atoms. The summed E-state index contributed by atoms with van der Waals surface area (Å²) in [6.07, 6.45) is -3.41. The minimum absolute atomic E-state index is 0.371. The van der Waals surface area contributed by atoms with Gasteiger partial charge in [0.1, 0.15) is 5.75 Å². The number of benzene rings is 1. The molecule has 0 amide bonds. The lowest BCUT2D eigenvalue weighted by Crippen LogP contribution is -2.17. The number of ether oxygens (including phenoxy) is 1. The Morgan fingerprint density at radius 2 is 2.11 bits per heavy atom. The molecule has 98 valence electrons. The molecule has 1 aromatic rings. The second-order valence-corrected chi connectivity index (χ2v) is 3.44. The van der Waals surface area contributed by atoms with E-state index in [4.69, 9.17) is 5.11 Å². The molecule has 0 atom stereocenters. The summed E-state index contributed by atoms with van der Waals surface area (Å²) in [5, 5.41) is 8.64. The van der Waals surface area contributed by atoms with Crippen molar-refractivity contribution >= 4 is 11.5 Å². The fourth-order valence-corrected chi connectivity index (χ4v) is 1.43. The van der Waals surface area contributed by atoms with Crippen LogP contribution in [-0.4, -0.2) is 17.4 Å². The van der Waals surface area contributed by atoms with Crippen LogP contribution >= 0.6 is 0 Å². The fourth-order valence-electron chi connectivity index (χ4n) is 1.43. The Morgan fingerprint density at radius 1 is 1.44 bits per heavy atom. The van der Waals surface area contributed by atoms with Crippen LogP contribution in [0.2, 0.25) is 0 Å². The molecule has 0 radical (unpaired) electrons. The normalized spacial score (nSPS) is 12.3. The van der Waals surface area contributed by atoms with Crippen LogP contribution in [0, 0.1) is 0 Å². The number of rotatable bonds is 4. The third-order valence-electron chi connectivity index (χ3n) is 2.12. The number of aliphatic carboxylic acids is 1. The molecule has 1 N–H and O–H groups in total. The van der Waals surface area contributed by atoms with E-state index >= 15 is 0 Å². The van der Waals surface area contributed by atoms with Crippen LogP contribution < -0.4 is 4.74 Å². The minimum Gasteiger partial charge on any atom is -0.478 e. The summed E-state index contributed by atoms with van der Waals surface area (Å²) in [6.45, 7) is 1.71. The van der Waals surface area contributed by atoms with Gasteiger partial charge in [-0.1, -0.05) is 19.1 Å². The third kappa shape index (κ3) is 4.48. The zero-order chi connectivity index (χ0) is 13.8. The molecule has 0 unspecified atom stereocenters. The lowest BCUT2D eigenvalue weighted by atomic mass is 10.0. The molecule has 0 heterocycles. The Hall–Kier alpha value is -1.98. The Bertz CT molecular complexity index is 464. The molecule has 3 nitrogen and oxygen atoms in total. The summed E-state index contributed by atoms with van der Waals surface area (Å²) in [6, 6.07) is 5.22. The summed E-state index contributed by atoms with van der Waals surface area (Å²) >= 11 is 0. The van der Waals surface area contributed by atoms with E-state index in [9.17, 15) is 18.0 Å². The molecule has 0 aliphatic rings. The smallest absolute Gasteiger partial charge is 0.478 e.